The Labute approximate surface area is 197 Å². The number of H-pyrrole nitrogens is 1. The third-order valence-corrected chi connectivity index (χ3v) is 6.40. The second-order valence-corrected chi connectivity index (χ2v) is 8.56. The van der Waals surface area contributed by atoms with Crippen LogP contribution in [0.2, 0.25) is 0 Å². The summed E-state index contributed by atoms with van der Waals surface area (Å²) in [5.74, 6) is -0.323. The molecule has 1 fully saturated rings. The van der Waals surface area contributed by atoms with E-state index in [1.807, 2.05) is 42.5 Å². The van der Waals surface area contributed by atoms with Gasteiger partial charge in [-0.3, -0.25) is 20.3 Å². The predicted molar refractivity (Wildman–Crippen MR) is 133 cm³/mol. The van der Waals surface area contributed by atoms with Crippen LogP contribution in [0.4, 0.5) is 5.69 Å². The summed E-state index contributed by atoms with van der Waals surface area (Å²) in [5.41, 5.74) is 2.90. The van der Waals surface area contributed by atoms with Crippen molar-refractivity contribution in [3.8, 4) is 0 Å². The van der Waals surface area contributed by atoms with Gasteiger partial charge in [0.1, 0.15) is 0 Å². The molecule has 0 atom stereocenters. The average Bonchev–Trinajstić information content (AvgIpc) is 3.38. The van der Waals surface area contributed by atoms with Gasteiger partial charge < -0.3 is 20.1 Å². The van der Waals surface area contributed by atoms with E-state index in [0.29, 0.717) is 16.8 Å². The van der Waals surface area contributed by atoms with E-state index in [4.69, 9.17) is 5.41 Å². The molecule has 4 N–H and O–H groups in total. The number of hydrogen-bond donors (Lipinski definition) is 4. The van der Waals surface area contributed by atoms with E-state index in [1.165, 1.54) is 0 Å². The van der Waals surface area contributed by atoms with Crippen molar-refractivity contribution >= 4 is 39.7 Å². The highest BCUT2D eigenvalue weighted by Gasteiger charge is 2.35. The number of imide groups is 1. The first-order valence-electron chi connectivity index (χ1n) is 11.2. The van der Waals surface area contributed by atoms with Crippen LogP contribution >= 0.6 is 0 Å². The van der Waals surface area contributed by atoms with Crippen LogP contribution in [0.3, 0.4) is 0 Å². The molecule has 34 heavy (non-hydrogen) atoms. The zero-order valence-corrected chi connectivity index (χ0v) is 18.9. The Bertz CT molecular complexity index is 1360. The van der Waals surface area contributed by atoms with Crippen molar-refractivity contribution in [2.45, 2.75) is 0 Å². The Balaban J connectivity index is 1.52. The van der Waals surface area contributed by atoms with Gasteiger partial charge in [-0.1, -0.05) is 43.0 Å². The smallest absolute Gasteiger partial charge is 0.261 e. The molecule has 0 bridgehead atoms. The molecule has 2 amide bonds. The third kappa shape index (κ3) is 3.78. The van der Waals surface area contributed by atoms with Gasteiger partial charge in [-0.15, -0.1) is 0 Å². The van der Waals surface area contributed by atoms with Crippen LogP contribution in [-0.2, 0) is 9.59 Å². The lowest BCUT2D eigenvalue weighted by Crippen LogP contribution is -2.44. The average molecular weight is 455 g/mol. The number of para-hydroxylation sites is 2. The van der Waals surface area contributed by atoms with Gasteiger partial charge in [0.15, 0.2) is 0 Å². The lowest BCUT2D eigenvalue weighted by molar-refractivity contribution is -0.123. The highest BCUT2D eigenvalue weighted by molar-refractivity contribution is 6.48. The van der Waals surface area contributed by atoms with Gasteiger partial charge in [-0.05, 0) is 19.2 Å². The van der Waals surface area contributed by atoms with E-state index in [9.17, 15) is 9.59 Å². The molecule has 0 aliphatic carbocycles. The number of likely N-dealkylation sites (N-methyl/N-ethyl adjacent to an activating group) is 1. The van der Waals surface area contributed by atoms with E-state index < -0.39 is 11.8 Å². The summed E-state index contributed by atoms with van der Waals surface area (Å²) >= 11 is 0. The van der Waals surface area contributed by atoms with Crippen LogP contribution in [0.25, 0.3) is 16.5 Å². The molecule has 0 saturated carbocycles. The molecule has 8 nitrogen and oxygen atoms in total. The quantitative estimate of drug-likeness (QED) is 0.339. The number of benzene rings is 2. The number of carbonyl (C=O) groups excluding carboxylic acids is 2. The monoisotopic (exact) mass is 454 g/mol. The molecule has 2 aliphatic heterocycles. The van der Waals surface area contributed by atoms with Gasteiger partial charge in [0.05, 0.1) is 22.7 Å². The highest BCUT2D eigenvalue weighted by atomic mass is 16.2. The van der Waals surface area contributed by atoms with Crippen molar-refractivity contribution in [1.29, 1.82) is 5.41 Å². The fraction of sp³-hybridized carbons (Fsp3) is 0.192. The van der Waals surface area contributed by atoms with Crippen molar-refractivity contribution < 1.29 is 9.59 Å². The molecule has 8 heteroatoms. The molecule has 2 aliphatic rings. The molecule has 3 aromatic rings. The van der Waals surface area contributed by atoms with Crippen LogP contribution < -0.4 is 10.6 Å². The number of fused-ring (bicyclic) bond motifs is 1. The fourth-order valence-electron chi connectivity index (χ4n) is 4.48. The number of nitrogens with one attached hydrogen (secondary N) is 4. The third-order valence-electron chi connectivity index (χ3n) is 6.40. The summed E-state index contributed by atoms with van der Waals surface area (Å²) in [6, 6.07) is 14.9. The summed E-state index contributed by atoms with van der Waals surface area (Å²) in [5, 5.41) is 15.5. The first kappa shape index (κ1) is 21.7. The topological polar surface area (TPSA) is 104 Å². The predicted octanol–water partition coefficient (Wildman–Crippen LogP) is 2.78. The highest BCUT2D eigenvalue weighted by Crippen LogP contribution is 2.33. The lowest BCUT2D eigenvalue weighted by atomic mass is 9.94. The molecule has 3 heterocycles. The minimum Gasteiger partial charge on any atom is -0.361 e. The van der Waals surface area contributed by atoms with Gasteiger partial charge in [-0.2, -0.15) is 0 Å². The van der Waals surface area contributed by atoms with Crippen molar-refractivity contribution in [3.63, 3.8) is 0 Å². The summed E-state index contributed by atoms with van der Waals surface area (Å²) in [6.07, 6.45) is 1.71. The second kappa shape index (κ2) is 8.64. The molecule has 5 rings (SSSR count). The van der Waals surface area contributed by atoms with Gasteiger partial charge in [0.2, 0.25) is 0 Å². The van der Waals surface area contributed by atoms with E-state index in [-0.39, 0.29) is 16.9 Å². The summed E-state index contributed by atoms with van der Waals surface area (Å²) in [6.45, 7) is 7.79. The SMILES string of the molecule is C=C(Nc1ccccc1C(=N)C1=C(c2c[nH]c3ccccc23)C(=O)NC1=O)N1CCN(C)CC1. The van der Waals surface area contributed by atoms with Gasteiger partial charge >= 0.3 is 0 Å². The molecule has 172 valence electrons. The Morgan fingerprint density at radius 1 is 1.00 bits per heavy atom. The van der Waals surface area contributed by atoms with Gasteiger partial charge in [0, 0.05) is 60.1 Å². The number of nitrogens with zero attached hydrogens (tertiary/aromatic N) is 2. The molecular formula is C26H26N6O2. The van der Waals surface area contributed by atoms with Crippen molar-refractivity contribution in [2.75, 3.05) is 38.5 Å². The molecule has 0 spiro atoms. The van der Waals surface area contributed by atoms with Crippen molar-refractivity contribution in [1.82, 2.24) is 20.1 Å². The van der Waals surface area contributed by atoms with Gasteiger partial charge in [0.25, 0.3) is 11.8 Å². The normalized spacial score (nSPS) is 16.8. The first-order valence-corrected chi connectivity index (χ1v) is 11.2. The standard InChI is InChI=1S/C26H26N6O2/c1-16(32-13-11-31(2)12-14-32)29-21-10-6-4-8-18(21)24(27)23-22(25(33)30-26(23)34)19-15-28-20-9-5-3-7-17(19)20/h3-10,15,27-29H,1,11-14H2,2H3,(H,30,33,34). The first-order chi connectivity index (χ1) is 16.4. The second-order valence-electron chi connectivity index (χ2n) is 8.56. The molecule has 0 radical (unpaired) electrons. The number of anilines is 1. The molecule has 1 aromatic heterocycles. The van der Waals surface area contributed by atoms with Crippen LogP contribution in [0.1, 0.15) is 11.1 Å². The zero-order valence-electron chi connectivity index (χ0n) is 18.9. The molecule has 2 aromatic carbocycles. The number of carbonyl (C=O) groups is 2. The van der Waals surface area contributed by atoms with E-state index >= 15 is 0 Å². The summed E-state index contributed by atoms with van der Waals surface area (Å²) in [4.78, 5) is 33.3. The van der Waals surface area contributed by atoms with Gasteiger partial charge in [-0.25, -0.2) is 0 Å². The number of piperazine rings is 1. The number of hydrogen-bond acceptors (Lipinski definition) is 6. The molecule has 0 unspecified atom stereocenters. The maximum Gasteiger partial charge on any atom is 0.261 e. The van der Waals surface area contributed by atoms with Crippen LogP contribution in [0.5, 0.6) is 0 Å². The molecular weight excluding hydrogens is 428 g/mol. The maximum absolute atomic E-state index is 12.9. The number of rotatable bonds is 6. The zero-order chi connectivity index (χ0) is 23.8. The van der Waals surface area contributed by atoms with Crippen LogP contribution in [-0.4, -0.2) is 65.5 Å². The van der Waals surface area contributed by atoms with E-state index in [0.717, 1.165) is 42.9 Å². The Kier molecular flexibility index (Phi) is 5.51. The van der Waals surface area contributed by atoms with Crippen LogP contribution in [0.15, 0.2) is 72.7 Å². The van der Waals surface area contributed by atoms with Crippen LogP contribution in [0, 0.1) is 5.41 Å². The fourth-order valence-corrected chi connectivity index (χ4v) is 4.48. The maximum atomic E-state index is 12.9. The Hall–Kier alpha value is -4.17. The lowest BCUT2D eigenvalue weighted by Gasteiger charge is -2.35. The summed E-state index contributed by atoms with van der Waals surface area (Å²) in [7, 11) is 2.09. The summed E-state index contributed by atoms with van der Waals surface area (Å²) < 4.78 is 0. The minimum atomic E-state index is -0.567. The Morgan fingerprint density at radius 2 is 1.71 bits per heavy atom. The number of aromatic amines is 1. The van der Waals surface area contributed by atoms with E-state index in [1.54, 1.807) is 12.3 Å². The minimum absolute atomic E-state index is 0.0158. The van der Waals surface area contributed by atoms with E-state index in [2.05, 4.69) is 39.0 Å². The Morgan fingerprint density at radius 3 is 2.50 bits per heavy atom. The number of aromatic nitrogens is 1. The van der Waals surface area contributed by atoms with Crippen molar-refractivity contribution in [3.05, 3.63) is 83.8 Å². The largest absolute Gasteiger partial charge is 0.361 e. The molecule has 1 saturated heterocycles. The number of amides is 2. The van der Waals surface area contributed by atoms with Crippen molar-refractivity contribution in [2.24, 2.45) is 0 Å².